The number of nitrogens with zero attached hydrogens (tertiary/aromatic N) is 4. The second kappa shape index (κ2) is 18.6. The summed E-state index contributed by atoms with van der Waals surface area (Å²) in [5, 5.41) is 31.8. The van der Waals surface area contributed by atoms with Gasteiger partial charge in [0.25, 0.3) is 0 Å². The summed E-state index contributed by atoms with van der Waals surface area (Å²) in [5.41, 5.74) is 3.81. The van der Waals surface area contributed by atoms with Crippen LogP contribution in [0.3, 0.4) is 0 Å². The van der Waals surface area contributed by atoms with Gasteiger partial charge in [0.1, 0.15) is 47.5 Å². The molecule has 5 heterocycles. The zero-order chi connectivity index (χ0) is 42.7. The number of carbonyl (C=O) groups excluding carboxylic acids is 3. The standard InChI is InChI=1S/C41H61N5O12/c1-11-31-41(8,51)37-23(4)33(47)21(2)16-40(7,53-20-27(19-52-37)44-54-18-26-12-13-28(43-17-26)30-15-32(42)45-58-30)36(24(5)34(48)25(6)38(50)56-31)57-39-35(49)29(46(9)10)14-22(3)55-39/h12-13,15,17,21-25,29,31,35-37,39,49,51H,11,14,16,18-20H2,1-10H3,(H2,42,45)/b44-27+/t21-,22-,23+,24+,25-,29+,31-,35-,36-,37+,39+,40-,41-/m1/s1. The molecule has 322 valence electrons. The number of nitrogen functional groups attached to an aromatic ring is 1. The van der Waals surface area contributed by atoms with Gasteiger partial charge in [-0.2, -0.15) is 0 Å². The maximum Gasteiger partial charge on any atom is 0.316 e. The van der Waals surface area contributed by atoms with E-state index in [-0.39, 0.29) is 62.1 Å². The summed E-state index contributed by atoms with van der Waals surface area (Å²) >= 11 is 0. The number of carbonyl (C=O) groups is 3. The van der Waals surface area contributed by atoms with Gasteiger partial charge in [-0.05, 0) is 67.1 Å². The SMILES string of the molecule is CC[C@H]1OC(=O)[C@H](C)C(=O)[C@H](C)[C@@H](O[C@@H]2O[C@H](C)C[C@H](N(C)C)[C@H]2O)[C@@]2(C)C[C@@H](C)C(=O)[C@H](C)[C@H](OC/C(=N\OCc3ccc(-c4cc(N)no4)nc3)CO2)[C@]1(C)O. The Morgan fingerprint density at radius 2 is 1.78 bits per heavy atom. The van der Waals surface area contributed by atoms with E-state index in [2.05, 4.69) is 15.3 Å². The number of aliphatic hydroxyl groups is 2. The van der Waals surface area contributed by atoms with E-state index in [1.807, 2.05) is 25.9 Å². The Hall–Kier alpha value is -3.84. The summed E-state index contributed by atoms with van der Waals surface area (Å²) in [5.74, 6) is -4.90. The molecule has 3 saturated heterocycles. The summed E-state index contributed by atoms with van der Waals surface area (Å²) in [6.07, 6.45) is -3.79. The van der Waals surface area contributed by atoms with Crippen LogP contribution < -0.4 is 5.73 Å². The minimum Gasteiger partial charge on any atom is -0.459 e. The molecule has 0 radical (unpaired) electrons. The highest BCUT2D eigenvalue weighted by Crippen LogP contribution is 2.39. The van der Waals surface area contributed by atoms with Crippen LogP contribution in [0.2, 0.25) is 0 Å². The number of nitrogens with two attached hydrogens (primary N) is 1. The molecule has 58 heavy (non-hydrogen) atoms. The van der Waals surface area contributed by atoms with Crippen LogP contribution in [0.5, 0.6) is 0 Å². The Bertz CT molecular complexity index is 1770. The molecule has 5 rings (SSSR count). The lowest BCUT2D eigenvalue weighted by atomic mass is 9.74. The number of pyridine rings is 1. The van der Waals surface area contributed by atoms with Crippen molar-refractivity contribution in [2.45, 2.75) is 135 Å². The Morgan fingerprint density at radius 3 is 2.40 bits per heavy atom. The van der Waals surface area contributed by atoms with E-state index in [0.717, 1.165) is 0 Å². The molecule has 17 nitrogen and oxygen atoms in total. The van der Waals surface area contributed by atoms with E-state index in [9.17, 15) is 24.6 Å². The third-order valence-corrected chi connectivity index (χ3v) is 11.8. The number of ketones is 2. The van der Waals surface area contributed by atoms with E-state index in [4.69, 9.17) is 38.8 Å². The summed E-state index contributed by atoms with van der Waals surface area (Å²) in [6, 6.07) is 4.74. The number of ether oxygens (including phenoxy) is 5. The number of cyclic esters (lactones) is 1. The lowest BCUT2D eigenvalue weighted by Crippen LogP contribution is -2.60. The average molecular weight is 816 g/mol. The van der Waals surface area contributed by atoms with Gasteiger partial charge in [-0.15, -0.1) is 0 Å². The lowest BCUT2D eigenvalue weighted by Gasteiger charge is -2.47. The number of aliphatic hydroxyl groups excluding tert-OH is 1. The highest BCUT2D eigenvalue weighted by Gasteiger charge is 2.53. The fourth-order valence-electron chi connectivity index (χ4n) is 8.47. The number of esters is 1. The zero-order valence-electron chi connectivity index (χ0n) is 35.2. The fraction of sp³-hybridized carbons (Fsp3) is 0.707. The first-order chi connectivity index (χ1) is 27.3. The Labute approximate surface area is 339 Å². The van der Waals surface area contributed by atoms with Crippen LogP contribution in [0.4, 0.5) is 5.82 Å². The van der Waals surface area contributed by atoms with Gasteiger partial charge in [-0.3, -0.25) is 19.4 Å². The predicted molar refractivity (Wildman–Crippen MR) is 210 cm³/mol. The van der Waals surface area contributed by atoms with E-state index < -0.39 is 77.3 Å². The maximum atomic E-state index is 14.4. The van der Waals surface area contributed by atoms with Crippen LogP contribution in [0, 0.1) is 23.7 Å². The molecule has 4 N–H and O–H groups in total. The third-order valence-electron chi connectivity index (χ3n) is 11.8. The van der Waals surface area contributed by atoms with Crippen LogP contribution in [-0.2, 0) is 49.5 Å². The Balaban J connectivity index is 1.57. The number of rotatable bonds is 8. The van der Waals surface area contributed by atoms with Gasteiger partial charge in [0, 0.05) is 41.6 Å². The minimum atomic E-state index is -1.89. The van der Waals surface area contributed by atoms with Crippen LogP contribution >= 0.6 is 0 Å². The molecule has 0 amide bonds. The molecule has 0 aromatic carbocycles. The monoisotopic (exact) mass is 815 g/mol. The fourth-order valence-corrected chi connectivity index (χ4v) is 8.47. The molecule has 13 atom stereocenters. The molecular formula is C41H61N5O12. The summed E-state index contributed by atoms with van der Waals surface area (Å²) < 4.78 is 37.1. The second-order valence-corrected chi connectivity index (χ2v) is 16.8. The number of hydrogen-bond acceptors (Lipinski definition) is 17. The second-order valence-electron chi connectivity index (χ2n) is 16.8. The molecule has 0 aliphatic carbocycles. The highest BCUT2D eigenvalue weighted by molar-refractivity contribution is 6.00. The molecule has 2 bridgehead atoms. The molecule has 3 aliphatic heterocycles. The van der Waals surface area contributed by atoms with E-state index in [1.165, 1.54) is 13.8 Å². The van der Waals surface area contributed by atoms with E-state index in [0.29, 0.717) is 23.4 Å². The summed E-state index contributed by atoms with van der Waals surface area (Å²) in [4.78, 5) is 54.6. The maximum absolute atomic E-state index is 14.4. The highest BCUT2D eigenvalue weighted by atomic mass is 16.7. The van der Waals surface area contributed by atoms with Gasteiger partial charge in [-0.1, -0.05) is 44.1 Å². The van der Waals surface area contributed by atoms with Gasteiger partial charge < -0.3 is 53.9 Å². The summed E-state index contributed by atoms with van der Waals surface area (Å²) in [6.45, 7) is 12.9. The van der Waals surface area contributed by atoms with Crippen molar-refractivity contribution >= 4 is 29.1 Å². The van der Waals surface area contributed by atoms with Crippen molar-refractivity contribution in [2.75, 3.05) is 33.0 Å². The molecule has 2 aromatic rings. The smallest absolute Gasteiger partial charge is 0.316 e. The Morgan fingerprint density at radius 1 is 1.05 bits per heavy atom. The zero-order valence-corrected chi connectivity index (χ0v) is 35.2. The largest absolute Gasteiger partial charge is 0.459 e. The Kier molecular flexibility index (Phi) is 14.5. The van der Waals surface area contributed by atoms with Crippen molar-refractivity contribution in [3.8, 4) is 11.5 Å². The molecular weight excluding hydrogens is 754 g/mol. The third kappa shape index (κ3) is 9.95. The molecule has 3 aliphatic rings. The van der Waals surface area contributed by atoms with Crippen molar-refractivity contribution in [2.24, 2.45) is 28.8 Å². The van der Waals surface area contributed by atoms with Gasteiger partial charge in [-0.25, -0.2) is 0 Å². The van der Waals surface area contributed by atoms with Crippen molar-refractivity contribution in [1.82, 2.24) is 15.0 Å². The van der Waals surface area contributed by atoms with Gasteiger partial charge >= 0.3 is 5.97 Å². The number of oxime groups is 1. The topological polar surface area (TPSA) is 228 Å². The molecule has 0 spiro atoms. The first-order valence-corrected chi connectivity index (χ1v) is 20.0. The van der Waals surface area contributed by atoms with Gasteiger partial charge in [0.2, 0.25) is 0 Å². The van der Waals surface area contributed by atoms with Crippen LogP contribution in [0.25, 0.3) is 11.5 Å². The van der Waals surface area contributed by atoms with Crippen molar-refractivity contribution in [3.63, 3.8) is 0 Å². The van der Waals surface area contributed by atoms with E-state index in [1.54, 1.807) is 59.0 Å². The van der Waals surface area contributed by atoms with Crippen LogP contribution in [-0.4, -0.2) is 130 Å². The molecule has 2 aromatic heterocycles. The summed E-state index contributed by atoms with van der Waals surface area (Å²) in [7, 11) is 3.71. The number of hydrogen-bond donors (Lipinski definition) is 3. The quantitative estimate of drug-likeness (QED) is 0.197. The van der Waals surface area contributed by atoms with Gasteiger partial charge in [0.05, 0.1) is 37.1 Å². The van der Waals surface area contributed by atoms with Crippen molar-refractivity contribution < 1.29 is 57.6 Å². The minimum absolute atomic E-state index is 0.00477. The first kappa shape index (κ1) is 45.2. The number of Topliss-reactive ketones (excluding diaryl/α,β-unsaturated/α-hetero) is 2. The van der Waals surface area contributed by atoms with Crippen molar-refractivity contribution in [1.29, 1.82) is 0 Å². The molecule has 0 saturated carbocycles. The molecule has 3 fully saturated rings. The number of anilines is 1. The van der Waals surface area contributed by atoms with Crippen molar-refractivity contribution in [3.05, 3.63) is 30.0 Å². The number of fused-ring (bicyclic) bond motifs is 5. The molecule has 0 unspecified atom stereocenters. The average Bonchev–Trinajstić information content (AvgIpc) is 3.62. The predicted octanol–water partition coefficient (Wildman–Crippen LogP) is 3.34. The van der Waals surface area contributed by atoms with Crippen LogP contribution in [0.1, 0.15) is 80.2 Å². The van der Waals surface area contributed by atoms with Crippen LogP contribution in [0.15, 0.2) is 34.1 Å². The first-order valence-electron chi connectivity index (χ1n) is 20.0. The number of aromatic nitrogens is 2. The van der Waals surface area contributed by atoms with Gasteiger partial charge in [0.15, 0.2) is 23.7 Å². The lowest BCUT2D eigenvalue weighted by molar-refractivity contribution is -0.296. The normalized spacial score (nSPS) is 37.8. The van der Waals surface area contributed by atoms with E-state index >= 15 is 0 Å². The molecule has 17 heteroatoms. The number of likely N-dealkylation sites (N-methyl/N-ethyl adjacent to an activating group) is 1.